The number of fused-ring (bicyclic) bond motifs is 1. The smallest absolute Gasteiger partial charge is 0.407 e. The summed E-state index contributed by atoms with van der Waals surface area (Å²) in [5.41, 5.74) is 2.45. The molecule has 1 aromatic heterocycles. The summed E-state index contributed by atoms with van der Waals surface area (Å²) in [5, 5.41) is 20.5. The third-order valence-corrected chi connectivity index (χ3v) is 11.3. The van der Waals surface area contributed by atoms with Crippen molar-refractivity contribution in [3.05, 3.63) is 65.5 Å². The van der Waals surface area contributed by atoms with E-state index in [1.807, 2.05) is 63.7 Å². The fraction of sp³-hybridized carbons (Fsp3) is 0.543. The Hall–Kier alpha value is -3.11. The lowest BCUT2D eigenvalue weighted by molar-refractivity contribution is -0.0907. The van der Waals surface area contributed by atoms with E-state index in [2.05, 4.69) is 20.5 Å². The zero-order valence-corrected chi connectivity index (χ0v) is 30.3. The van der Waals surface area contributed by atoms with Crippen LogP contribution in [0.1, 0.15) is 32.3 Å². The third kappa shape index (κ3) is 10.2. The molecule has 2 aromatic carbocycles. The molecule has 0 unspecified atom stereocenters. The van der Waals surface area contributed by atoms with Crippen molar-refractivity contribution in [3.8, 4) is 11.3 Å². The molecule has 12 nitrogen and oxygen atoms in total. The topological polar surface area (TPSA) is 143 Å². The lowest BCUT2D eigenvalue weighted by Crippen LogP contribution is -2.51. The average Bonchev–Trinajstić information content (AvgIpc) is 3.82. The maximum Gasteiger partial charge on any atom is 0.407 e. The number of nitrogens with zero attached hydrogens (tertiary/aromatic N) is 3. The van der Waals surface area contributed by atoms with Gasteiger partial charge in [0.05, 0.1) is 41.9 Å². The molecule has 0 spiro atoms. The molecule has 2 saturated heterocycles. The highest BCUT2D eigenvalue weighted by molar-refractivity contribution is 7.89. The van der Waals surface area contributed by atoms with Crippen LogP contribution in [0.2, 0.25) is 0 Å². The van der Waals surface area contributed by atoms with E-state index >= 15 is 0 Å². The van der Waals surface area contributed by atoms with Gasteiger partial charge in [0.15, 0.2) is 11.4 Å². The van der Waals surface area contributed by atoms with Gasteiger partial charge in [-0.05, 0) is 63.5 Å². The van der Waals surface area contributed by atoms with E-state index in [9.17, 15) is 18.3 Å². The molecule has 0 saturated carbocycles. The van der Waals surface area contributed by atoms with Gasteiger partial charge in [0, 0.05) is 30.6 Å². The molecule has 1 amide bonds. The van der Waals surface area contributed by atoms with Gasteiger partial charge in [0.2, 0.25) is 10.0 Å². The van der Waals surface area contributed by atoms with Gasteiger partial charge in [0.25, 0.3) is 0 Å². The van der Waals surface area contributed by atoms with Crippen LogP contribution in [0.3, 0.4) is 0 Å². The molecular weight excluding hydrogens is 667 g/mol. The largest absolute Gasteiger partial charge is 0.443 e. The van der Waals surface area contributed by atoms with Gasteiger partial charge in [-0.3, -0.25) is 0 Å². The zero-order valence-electron chi connectivity index (χ0n) is 28.7. The molecule has 0 radical (unpaired) electrons. The van der Waals surface area contributed by atoms with Crippen molar-refractivity contribution in [2.75, 3.05) is 58.8 Å². The van der Waals surface area contributed by atoms with Gasteiger partial charge < -0.3 is 34.9 Å². The van der Waals surface area contributed by atoms with Crippen LogP contribution < -0.4 is 10.6 Å². The predicted octanol–water partition coefficient (Wildman–Crippen LogP) is 4.28. The Morgan fingerprint density at radius 1 is 1.10 bits per heavy atom. The molecular formula is C35H49N5O7S2. The number of thiazole rings is 1. The summed E-state index contributed by atoms with van der Waals surface area (Å²) in [6.45, 7) is 6.40. The van der Waals surface area contributed by atoms with E-state index in [-0.39, 0.29) is 49.1 Å². The fourth-order valence-corrected chi connectivity index (χ4v) is 8.43. The van der Waals surface area contributed by atoms with Crippen molar-refractivity contribution in [2.45, 2.75) is 62.5 Å². The van der Waals surface area contributed by atoms with Gasteiger partial charge in [-0.15, -0.1) is 11.3 Å². The van der Waals surface area contributed by atoms with Crippen molar-refractivity contribution in [2.24, 2.45) is 11.8 Å². The van der Waals surface area contributed by atoms with Crippen molar-refractivity contribution in [3.63, 3.8) is 0 Å². The minimum absolute atomic E-state index is 0.0191. The van der Waals surface area contributed by atoms with Gasteiger partial charge in [0.1, 0.15) is 6.10 Å². The number of benzene rings is 2. The predicted molar refractivity (Wildman–Crippen MR) is 190 cm³/mol. The number of aliphatic hydroxyl groups is 1. The Bertz CT molecular complexity index is 1590. The highest BCUT2D eigenvalue weighted by atomic mass is 32.2. The molecule has 3 heterocycles. The molecule has 5 atom stereocenters. The molecule has 3 N–H and O–H groups in total. The van der Waals surface area contributed by atoms with E-state index < -0.39 is 34.4 Å². The summed E-state index contributed by atoms with van der Waals surface area (Å²) in [7, 11) is 0.0820. The highest BCUT2D eigenvalue weighted by Gasteiger charge is 2.44. The lowest BCUT2D eigenvalue weighted by atomic mass is 10.0. The molecule has 2 aliphatic rings. The Morgan fingerprint density at radius 3 is 2.57 bits per heavy atom. The molecule has 2 aliphatic heterocycles. The summed E-state index contributed by atoms with van der Waals surface area (Å²) in [4.78, 5) is 20.1. The van der Waals surface area contributed by atoms with Crippen LogP contribution in [0.5, 0.6) is 0 Å². The molecule has 14 heteroatoms. The van der Waals surface area contributed by atoms with Crippen molar-refractivity contribution >= 4 is 32.6 Å². The summed E-state index contributed by atoms with van der Waals surface area (Å²) in [6.07, 6.45) is -0.742. The fourth-order valence-electron chi connectivity index (χ4n) is 6.06. The minimum Gasteiger partial charge on any atom is -0.443 e. The highest BCUT2D eigenvalue weighted by Crippen LogP contribution is 2.33. The Labute approximate surface area is 293 Å². The second-order valence-corrected chi connectivity index (χ2v) is 16.1. The van der Waals surface area contributed by atoms with Gasteiger partial charge in [-0.1, -0.05) is 56.3 Å². The number of anilines is 1. The average molecular weight is 716 g/mol. The maximum atomic E-state index is 14.0. The van der Waals surface area contributed by atoms with E-state index in [1.165, 1.54) is 15.6 Å². The Balaban J connectivity index is 1.27. The first-order valence-electron chi connectivity index (χ1n) is 16.9. The number of carbonyl (C=O) groups is 1. The van der Waals surface area contributed by atoms with Crippen LogP contribution in [-0.4, -0.2) is 112 Å². The van der Waals surface area contributed by atoms with Gasteiger partial charge in [-0.25, -0.2) is 18.2 Å². The molecule has 0 aliphatic carbocycles. The second kappa shape index (κ2) is 17.2. The van der Waals surface area contributed by atoms with Crippen LogP contribution in [0.4, 0.5) is 9.93 Å². The number of carbonyl (C=O) groups excluding carboxylic acids is 1. The van der Waals surface area contributed by atoms with Crippen molar-refractivity contribution in [1.82, 2.24) is 19.5 Å². The number of rotatable bonds is 17. The van der Waals surface area contributed by atoms with Gasteiger partial charge in [-0.2, -0.15) is 4.31 Å². The number of ether oxygens (including phenoxy) is 3. The monoisotopic (exact) mass is 715 g/mol. The summed E-state index contributed by atoms with van der Waals surface area (Å²) < 4.78 is 46.2. The zero-order chi connectivity index (χ0) is 35.0. The minimum atomic E-state index is -4.01. The molecule has 2 fully saturated rings. The summed E-state index contributed by atoms with van der Waals surface area (Å²) >= 11 is 1.51. The SMILES string of the molecule is CC(C)CN(C[C@@H](O)[C@H](Cc1ccccc1)NC(=O)O[C@H]1CO[C@H]2OCC[C@H]21)S(=O)(=O)c1ccc(-c2csc(NCCCN(C)C)n2)cc1. The molecule has 49 heavy (non-hydrogen) atoms. The van der Waals surface area contributed by atoms with Crippen LogP contribution in [-0.2, 0) is 30.7 Å². The molecule has 3 aromatic rings. The Kier molecular flexibility index (Phi) is 13.0. The number of alkyl carbamates (subject to hydrolysis) is 1. The lowest BCUT2D eigenvalue weighted by Gasteiger charge is -2.31. The van der Waals surface area contributed by atoms with Crippen LogP contribution in [0.15, 0.2) is 64.9 Å². The number of aliphatic hydroxyl groups excluding tert-OH is 1. The van der Waals surface area contributed by atoms with Gasteiger partial charge >= 0.3 is 6.09 Å². The van der Waals surface area contributed by atoms with E-state index in [1.54, 1.807) is 24.3 Å². The van der Waals surface area contributed by atoms with E-state index in [0.29, 0.717) is 6.61 Å². The van der Waals surface area contributed by atoms with Crippen molar-refractivity contribution in [1.29, 1.82) is 0 Å². The number of hydrogen-bond acceptors (Lipinski definition) is 11. The molecule has 0 bridgehead atoms. The number of amides is 1. The van der Waals surface area contributed by atoms with Crippen molar-refractivity contribution < 1.29 is 32.5 Å². The van der Waals surface area contributed by atoms with E-state index in [4.69, 9.17) is 14.2 Å². The normalized spacial score (nSPS) is 20.4. The molecule has 5 rings (SSSR count). The summed E-state index contributed by atoms with van der Waals surface area (Å²) in [6, 6.07) is 15.3. The Morgan fingerprint density at radius 2 is 1.86 bits per heavy atom. The summed E-state index contributed by atoms with van der Waals surface area (Å²) in [5.74, 6) is -0.0528. The number of sulfonamides is 1. The number of nitrogens with one attached hydrogen (secondary N) is 2. The maximum absolute atomic E-state index is 14.0. The quantitative estimate of drug-likeness (QED) is 0.174. The van der Waals surface area contributed by atoms with E-state index in [0.717, 1.165) is 47.9 Å². The van der Waals surface area contributed by atoms with Crippen LogP contribution >= 0.6 is 11.3 Å². The first-order chi connectivity index (χ1) is 23.5. The number of hydrogen-bond donors (Lipinski definition) is 3. The first-order valence-corrected chi connectivity index (χ1v) is 19.2. The second-order valence-electron chi connectivity index (χ2n) is 13.3. The number of aromatic nitrogens is 1. The van der Waals surface area contributed by atoms with Crippen LogP contribution in [0, 0.1) is 11.8 Å². The standard InChI is InChI=1S/C35H49N5O7S2/c1-24(2)20-40(49(43,44)27-13-11-26(12-14-27)30-23-48-34(37-30)36-16-8-17-39(3)4)21-31(41)29(19-25-9-6-5-7-10-25)38-35(42)47-32-22-46-33-28(32)15-18-45-33/h5-7,9-14,23-24,28-29,31-33,41H,8,15-22H2,1-4H3,(H,36,37)(H,38,42)/t28-,29-,31+,32-,33+/m0/s1. The third-order valence-electron chi connectivity index (χ3n) is 8.62. The molecule has 268 valence electrons. The first kappa shape index (κ1) is 37.2. The van der Waals surface area contributed by atoms with Crippen LogP contribution in [0.25, 0.3) is 11.3 Å².